The molecule has 0 aliphatic carbocycles. The third kappa shape index (κ3) is 5.60. The van der Waals surface area contributed by atoms with Gasteiger partial charge in [-0.3, -0.25) is 9.59 Å². The molecule has 1 fully saturated rings. The maximum atomic E-state index is 14.0. The number of carbonyl (C=O) groups excluding carboxylic acids is 2. The van der Waals surface area contributed by atoms with Crippen LogP contribution in [0.3, 0.4) is 0 Å². The summed E-state index contributed by atoms with van der Waals surface area (Å²) >= 11 is 2.62. The van der Waals surface area contributed by atoms with Gasteiger partial charge in [0.15, 0.2) is 0 Å². The Hall–Kier alpha value is -3.36. The van der Waals surface area contributed by atoms with E-state index >= 15 is 0 Å². The number of amides is 2. The fourth-order valence-corrected chi connectivity index (χ4v) is 7.33. The van der Waals surface area contributed by atoms with Crippen LogP contribution in [-0.4, -0.2) is 33.5 Å². The van der Waals surface area contributed by atoms with Gasteiger partial charge in [0.2, 0.25) is 0 Å². The first-order valence-corrected chi connectivity index (χ1v) is 15.2. The van der Waals surface area contributed by atoms with Crippen LogP contribution in [0, 0.1) is 0 Å². The number of ether oxygens (including phenoxy) is 1. The summed E-state index contributed by atoms with van der Waals surface area (Å²) in [5, 5.41) is 14.4. The van der Waals surface area contributed by atoms with Crippen LogP contribution in [0.2, 0.25) is 0 Å². The second-order valence-corrected chi connectivity index (χ2v) is 13.2. The zero-order chi connectivity index (χ0) is 28.4. The average Bonchev–Trinajstić information content (AvgIpc) is 3.46. The Bertz CT molecular complexity index is 1390. The Labute approximate surface area is 244 Å². The molecule has 1 N–H and O–H groups in total. The molecule has 2 aliphatic rings. The molecular formula is C32H34N2O4S2. The highest BCUT2D eigenvalue weighted by molar-refractivity contribution is 8.25. The summed E-state index contributed by atoms with van der Waals surface area (Å²) in [7, 11) is 0. The number of carbonyl (C=O) groups is 2. The number of rotatable bonds is 8. The molecule has 0 radical (unpaired) electrons. The Morgan fingerprint density at radius 3 is 1.85 bits per heavy atom. The summed E-state index contributed by atoms with van der Waals surface area (Å²) in [6, 6.07) is 21.3. The number of phenolic OH excluding ortho intramolecular Hbond substituents is 1. The van der Waals surface area contributed by atoms with Gasteiger partial charge >= 0.3 is 0 Å². The van der Waals surface area contributed by atoms with Gasteiger partial charge in [0.25, 0.3) is 11.8 Å². The first kappa shape index (κ1) is 28.2. The molecule has 8 heteroatoms. The quantitative estimate of drug-likeness (QED) is 0.173. The molecule has 0 spiro atoms. The SMILES string of the molecule is CCCCOc1cc(C(C)(C)C)c(O)c2c1SC(=C1C(=O)N(Cc3ccccc3)N(Cc3ccccc3)C1=O)S2. The van der Waals surface area contributed by atoms with Crippen molar-refractivity contribution in [3.05, 3.63) is 93.2 Å². The van der Waals surface area contributed by atoms with Crippen molar-refractivity contribution in [3.63, 3.8) is 0 Å². The molecule has 208 valence electrons. The highest BCUT2D eigenvalue weighted by Crippen LogP contribution is 2.61. The predicted octanol–water partition coefficient (Wildman–Crippen LogP) is 7.26. The van der Waals surface area contributed by atoms with E-state index in [1.54, 1.807) is 0 Å². The van der Waals surface area contributed by atoms with E-state index in [0.717, 1.165) is 34.4 Å². The molecule has 3 aromatic rings. The minimum atomic E-state index is -0.337. The van der Waals surface area contributed by atoms with Gasteiger partial charge in [0.1, 0.15) is 17.1 Å². The fraction of sp³-hybridized carbons (Fsp3) is 0.312. The Kier molecular flexibility index (Phi) is 8.19. The topological polar surface area (TPSA) is 70.1 Å². The molecular weight excluding hydrogens is 540 g/mol. The molecule has 0 unspecified atom stereocenters. The normalized spacial score (nSPS) is 15.3. The zero-order valence-corrected chi connectivity index (χ0v) is 24.9. The molecule has 1 saturated heterocycles. The summed E-state index contributed by atoms with van der Waals surface area (Å²) in [5.41, 5.74) is 2.46. The van der Waals surface area contributed by atoms with E-state index in [9.17, 15) is 14.7 Å². The van der Waals surface area contributed by atoms with Crippen LogP contribution >= 0.6 is 23.5 Å². The van der Waals surface area contributed by atoms with Gasteiger partial charge in [-0.05, 0) is 29.0 Å². The standard InChI is InChI=1S/C32H34N2O4S2/c1-5-6-17-38-24-18-23(32(2,3)4)26(35)28-27(24)39-31(40-28)25-29(36)33(19-21-13-9-7-10-14-21)34(30(25)37)20-22-15-11-8-12-16-22/h7-16,18,35H,5-6,17,19-20H2,1-4H3. The molecule has 0 atom stereocenters. The first-order chi connectivity index (χ1) is 19.2. The third-order valence-electron chi connectivity index (χ3n) is 6.87. The van der Waals surface area contributed by atoms with Crippen molar-refractivity contribution in [1.82, 2.24) is 10.0 Å². The second-order valence-electron chi connectivity index (χ2n) is 10.9. The van der Waals surface area contributed by atoms with Gasteiger partial charge in [-0.15, -0.1) is 0 Å². The van der Waals surface area contributed by atoms with Crippen LogP contribution < -0.4 is 4.74 Å². The number of phenols is 1. The van der Waals surface area contributed by atoms with Crippen molar-refractivity contribution >= 4 is 35.3 Å². The zero-order valence-electron chi connectivity index (χ0n) is 23.3. The van der Waals surface area contributed by atoms with E-state index in [1.165, 1.54) is 33.5 Å². The lowest BCUT2D eigenvalue weighted by atomic mass is 9.86. The fourth-order valence-electron chi connectivity index (χ4n) is 4.68. The predicted molar refractivity (Wildman–Crippen MR) is 160 cm³/mol. The van der Waals surface area contributed by atoms with Crippen molar-refractivity contribution in [3.8, 4) is 11.5 Å². The number of hydrogen-bond acceptors (Lipinski definition) is 6. The van der Waals surface area contributed by atoms with Crippen molar-refractivity contribution < 1.29 is 19.4 Å². The van der Waals surface area contributed by atoms with Crippen LogP contribution in [0.5, 0.6) is 11.5 Å². The van der Waals surface area contributed by atoms with Gasteiger partial charge in [-0.2, -0.15) is 0 Å². The van der Waals surface area contributed by atoms with E-state index in [1.807, 2.05) is 87.5 Å². The molecule has 2 heterocycles. The number of thioether (sulfide) groups is 2. The first-order valence-electron chi connectivity index (χ1n) is 13.5. The summed E-state index contributed by atoms with van der Waals surface area (Å²) in [4.78, 5) is 29.3. The van der Waals surface area contributed by atoms with Gasteiger partial charge < -0.3 is 9.84 Å². The van der Waals surface area contributed by atoms with E-state index < -0.39 is 0 Å². The van der Waals surface area contributed by atoms with E-state index in [2.05, 4.69) is 6.92 Å². The van der Waals surface area contributed by atoms with Gasteiger partial charge in [0.05, 0.1) is 33.7 Å². The average molecular weight is 575 g/mol. The Morgan fingerprint density at radius 1 is 0.825 bits per heavy atom. The van der Waals surface area contributed by atoms with Crippen molar-refractivity contribution in [1.29, 1.82) is 0 Å². The summed E-state index contributed by atoms with van der Waals surface area (Å²) < 4.78 is 6.76. The third-order valence-corrected chi connectivity index (χ3v) is 9.49. The van der Waals surface area contributed by atoms with Crippen LogP contribution in [0.1, 0.15) is 57.2 Å². The number of fused-ring (bicyclic) bond motifs is 1. The van der Waals surface area contributed by atoms with Crippen LogP contribution in [0.4, 0.5) is 0 Å². The highest BCUT2D eigenvalue weighted by Gasteiger charge is 2.45. The summed E-state index contributed by atoms with van der Waals surface area (Å²) in [6.45, 7) is 9.36. The van der Waals surface area contributed by atoms with Gasteiger partial charge in [-0.1, -0.05) is 118 Å². The highest BCUT2D eigenvalue weighted by atomic mass is 32.2. The van der Waals surface area contributed by atoms with Crippen LogP contribution in [0.15, 0.2) is 86.3 Å². The van der Waals surface area contributed by atoms with Crippen LogP contribution in [-0.2, 0) is 28.1 Å². The summed E-state index contributed by atoms with van der Waals surface area (Å²) in [5.74, 6) is 0.186. The van der Waals surface area contributed by atoms with Crippen molar-refractivity contribution in [2.24, 2.45) is 0 Å². The minimum absolute atomic E-state index is 0.134. The molecule has 0 saturated carbocycles. The van der Waals surface area contributed by atoms with E-state index in [4.69, 9.17) is 4.74 Å². The van der Waals surface area contributed by atoms with Crippen molar-refractivity contribution in [2.45, 2.75) is 68.8 Å². The van der Waals surface area contributed by atoms with E-state index in [-0.39, 0.29) is 41.6 Å². The lowest BCUT2D eigenvalue weighted by molar-refractivity contribution is -0.149. The summed E-state index contributed by atoms with van der Waals surface area (Å²) in [6.07, 6.45) is 1.91. The number of aromatic hydroxyl groups is 1. The number of hydrazine groups is 1. The molecule has 0 bridgehead atoms. The molecule has 5 rings (SSSR count). The smallest absolute Gasteiger partial charge is 0.280 e. The molecule has 3 aromatic carbocycles. The maximum Gasteiger partial charge on any atom is 0.280 e. The Balaban J connectivity index is 1.55. The second kappa shape index (κ2) is 11.6. The minimum Gasteiger partial charge on any atom is -0.506 e. The largest absolute Gasteiger partial charge is 0.506 e. The molecule has 40 heavy (non-hydrogen) atoms. The number of hydrogen-bond donors (Lipinski definition) is 1. The monoisotopic (exact) mass is 574 g/mol. The number of nitrogens with zero attached hydrogens (tertiary/aromatic N) is 2. The lowest BCUT2D eigenvalue weighted by Gasteiger charge is -2.27. The molecule has 0 aromatic heterocycles. The van der Waals surface area contributed by atoms with E-state index in [0.29, 0.717) is 21.5 Å². The molecule has 2 amide bonds. The van der Waals surface area contributed by atoms with Crippen LogP contribution in [0.25, 0.3) is 0 Å². The Morgan fingerprint density at radius 2 is 1.35 bits per heavy atom. The number of benzene rings is 3. The van der Waals surface area contributed by atoms with Gasteiger partial charge in [0, 0.05) is 5.56 Å². The van der Waals surface area contributed by atoms with Crippen molar-refractivity contribution in [2.75, 3.05) is 6.61 Å². The maximum absolute atomic E-state index is 14.0. The lowest BCUT2D eigenvalue weighted by Crippen LogP contribution is -2.39. The molecule has 2 aliphatic heterocycles. The van der Waals surface area contributed by atoms with Gasteiger partial charge in [-0.25, -0.2) is 10.0 Å². The number of unbranched alkanes of at least 4 members (excludes halogenated alkanes) is 1. The molecule has 6 nitrogen and oxygen atoms in total.